The quantitative estimate of drug-likeness (QED) is 0.569. The lowest BCUT2D eigenvalue weighted by Gasteiger charge is -2.04. The maximum atomic E-state index is 9.02. The second kappa shape index (κ2) is 4.36. The molecule has 0 heterocycles. The average molecular weight is 204 g/mol. The summed E-state index contributed by atoms with van der Waals surface area (Å²) in [4.78, 5) is 10.1. The van der Waals surface area contributed by atoms with Gasteiger partial charge < -0.3 is 4.89 Å². The van der Waals surface area contributed by atoms with Crippen molar-refractivity contribution < 1.29 is 4.89 Å². The average Bonchev–Trinajstić information content (AvgIpc) is 1.93. The van der Waals surface area contributed by atoms with Gasteiger partial charge >= 0.3 is 0 Å². The molecule has 1 aromatic carbocycles. The molecule has 1 rings (SSSR count). The van der Waals surface area contributed by atoms with Crippen molar-refractivity contribution in [1.82, 2.24) is 0 Å². The van der Waals surface area contributed by atoms with Crippen molar-refractivity contribution in [2.45, 2.75) is 11.8 Å². The first kappa shape index (κ1) is 9.40. The van der Waals surface area contributed by atoms with Crippen LogP contribution in [-0.2, 0) is 0 Å². The van der Waals surface area contributed by atoms with E-state index < -0.39 is 6.55 Å². The molecular formula is C7H9OPS2. The zero-order valence-corrected chi connectivity index (χ0v) is 8.66. The molecule has 0 amide bonds. The van der Waals surface area contributed by atoms with Crippen LogP contribution in [0.25, 0.3) is 0 Å². The van der Waals surface area contributed by atoms with Crippen LogP contribution in [0.5, 0.6) is 0 Å². The number of hydrogen-bond donors (Lipinski definition) is 2. The van der Waals surface area contributed by atoms with Gasteiger partial charge in [-0.1, -0.05) is 29.6 Å². The molecule has 0 aliphatic heterocycles. The minimum absolute atomic E-state index is 1.11. The van der Waals surface area contributed by atoms with Gasteiger partial charge in [0.15, 0.2) is 6.55 Å². The second-order valence-electron chi connectivity index (χ2n) is 2.11. The topological polar surface area (TPSA) is 20.2 Å². The Kier molecular flexibility index (Phi) is 3.73. The molecular weight excluding hydrogens is 195 g/mol. The predicted molar refractivity (Wildman–Crippen MR) is 55.2 cm³/mol. The molecule has 0 bridgehead atoms. The highest BCUT2D eigenvalue weighted by molar-refractivity contribution is 8.81. The molecule has 1 nitrogen and oxygen atoms in total. The fourth-order valence-corrected chi connectivity index (χ4v) is 3.21. The Morgan fingerprint density at radius 1 is 1.45 bits per heavy atom. The summed E-state index contributed by atoms with van der Waals surface area (Å²) in [6.07, 6.45) is 0. The monoisotopic (exact) mass is 204 g/mol. The van der Waals surface area contributed by atoms with E-state index >= 15 is 0 Å². The molecule has 4 heteroatoms. The van der Waals surface area contributed by atoms with Crippen molar-refractivity contribution in [3.8, 4) is 0 Å². The normalized spacial score (nSPS) is 13.0. The second-order valence-corrected chi connectivity index (χ2v) is 6.77. The molecule has 0 aromatic heterocycles. The third kappa shape index (κ3) is 3.04. The molecule has 0 spiro atoms. The van der Waals surface area contributed by atoms with Crippen molar-refractivity contribution in [3.63, 3.8) is 0 Å². The Bertz CT molecular complexity index is 240. The van der Waals surface area contributed by atoms with Crippen LogP contribution in [0.3, 0.4) is 0 Å². The molecule has 60 valence electrons. The standard InChI is InChI=1S/C7H9OPS2/c1-6-4-2-3-5-7(6)11-9(8)10/h2-5,8,10H,1H3. The van der Waals surface area contributed by atoms with E-state index in [1.165, 1.54) is 16.9 Å². The predicted octanol–water partition coefficient (Wildman–Crippen LogP) is 3.24. The Labute approximate surface area is 77.0 Å². The van der Waals surface area contributed by atoms with Crippen LogP contribution in [0, 0.1) is 6.92 Å². The number of aryl methyl sites for hydroxylation is 1. The lowest BCUT2D eigenvalue weighted by atomic mass is 10.2. The van der Waals surface area contributed by atoms with Gasteiger partial charge in [0.05, 0.1) is 0 Å². The van der Waals surface area contributed by atoms with E-state index in [1.807, 2.05) is 31.2 Å². The molecule has 0 saturated carbocycles. The van der Waals surface area contributed by atoms with Gasteiger partial charge in [-0.15, -0.1) is 12.2 Å². The molecule has 0 fully saturated rings. The van der Waals surface area contributed by atoms with Crippen molar-refractivity contribution in [2.75, 3.05) is 0 Å². The molecule has 1 N–H and O–H groups in total. The SMILES string of the molecule is Cc1ccccc1SP(O)S. The van der Waals surface area contributed by atoms with Gasteiger partial charge in [0.2, 0.25) is 0 Å². The number of hydrogen-bond acceptors (Lipinski definition) is 3. The summed E-state index contributed by atoms with van der Waals surface area (Å²) in [5.41, 5.74) is 1.19. The zero-order valence-electron chi connectivity index (χ0n) is 6.06. The third-order valence-electron chi connectivity index (χ3n) is 1.27. The van der Waals surface area contributed by atoms with Crippen LogP contribution >= 0.6 is 30.2 Å². The van der Waals surface area contributed by atoms with Gasteiger partial charge in [-0.05, 0) is 18.6 Å². The van der Waals surface area contributed by atoms with E-state index in [0.29, 0.717) is 0 Å². The van der Waals surface area contributed by atoms with E-state index in [2.05, 4.69) is 12.2 Å². The van der Waals surface area contributed by atoms with Gasteiger partial charge in [0, 0.05) is 4.90 Å². The minimum Gasteiger partial charge on any atom is -0.355 e. The van der Waals surface area contributed by atoms with E-state index in [-0.39, 0.29) is 0 Å². The molecule has 1 unspecified atom stereocenters. The van der Waals surface area contributed by atoms with Crippen LogP contribution < -0.4 is 0 Å². The van der Waals surface area contributed by atoms with Crippen LogP contribution in [0.1, 0.15) is 5.56 Å². The summed E-state index contributed by atoms with van der Waals surface area (Å²) in [5, 5.41) is 0. The molecule has 0 aliphatic carbocycles. The third-order valence-corrected chi connectivity index (χ3v) is 3.91. The molecule has 1 atom stereocenters. The molecule has 0 saturated heterocycles. The minimum atomic E-state index is -1.18. The molecule has 11 heavy (non-hydrogen) atoms. The van der Waals surface area contributed by atoms with Crippen molar-refractivity contribution >= 4 is 30.2 Å². The first-order valence-corrected chi connectivity index (χ1v) is 6.98. The number of thiol groups is 1. The fourth-order valence-electron chi connectivity index (χ4n) is 0.747. The van der Waals surface area contributed by atoms with E-state index in [4.69, 9.17) is 4.89 Å². The van der Waals surface area contributed by atoms with Gasteiger partial charge in [0.25, 0.3) is 0 Å². The highest BCUT2D eigenvalue weighted by Crippen LogP contribution is 2.54. The Morgan fingerprint density at radius 2 is 2.09 bits per heavy atom. The Hall–Kier alpha value is 0.310. The highest BCUT2D eigenvalue weighted by atomic mass is 33.1. The number of rotatable bonds is 2. The summed E-state index contributed by atoms with van der Waals surface area (Å²) in [5.74, 6) is 0. The van der Waals surface area contributed by atoms with Crippen LogP contribution in [0.15, 0.2) is 29.2 Å². The molecule has 0 aliphatic rings. The van der Waals surface area contributed by atoms with Gasteiger partial charge in [0.1, 0.15) is 0 Å². The lowest BCUT2D eigenvalue weighted by Crippen LogP contribution is -1.74. The summed E-state index contributed by atoms with van der Waals surface area (Å²) < 4.78 is 0. The Balaban J connectivity index is 2.78. The Morgan fingerprint density at radius 3 is 2.64 bits per heavy atom. The summed E-state index contributed by atoms with van der Waals surface area (Å²) in [7, 11) is 0. The maximum Gasteiger partial charge on any atom is 0.150 e. The van der Waals surface area contributed by atoms with E-state index in [9.17, 15) is 0 Å². The van der Waals surface area contributed by atoms with Crippen LogP contribution in [-0.4, -0.2) is 4.89 Å². The van der Waals surface area contributed by atoms with Crippen molar-refractivity contribution in [1.29, 1.82) is 0 Å². The lowest BCUT2D eigenvalue weighted by molar-refractivity contribution is 0.656. The van der Waals surface area contributed by atoms with Crippen LogP contribution in [0.4, 0.5) is 0 Å². The zero-order chi connectivity index (χ0) is 8.27. The smallest absolute Gasteiger partial charge is 0.150 e. The van der Waals surface area contributed by atoms with E-state index in [0.717, 1.165) is 4.90 Å². The molecule has 1 aromatic rings. The van der Waals surface area contributed by atoms with Crippen LogP contribution in [0.2, 0.25) is 0 Å². The summed E-state index contributed by atoms with van der Waals surface area (Å²) in [6, 6.07) is 7.95. The van der Waals surface area contributed by atoms with Gasteiger partial charge in [-0.3, -0.25) is 0 Å². The summed E-state index contributed by atoms with van der Waals surface area (Å²) in [6.45, 7) is 0.841. The van der Waals surface area contributed by atoms with E-state index in [1.54, 1.807) is 0 Å². The molecule has 0 radical (unpaired) electrons. The van der Waals surface area contributed by atoms with Crippen molar-refractivity contribution in [3.05, 3.63) is 29.8 Å². The largest absolute Gasteiger partial charge is 0.355 e. The van der Waals surface area contributed by atoms with Gasteiger partial charge in [-0.2, -0.15) is 0 Å². The number of benzene rings is 1. The maximum absolute atomic E-state index is 9.02. The van der Waals surface area contributed by atoms with Crippen molar-refractivity contribution in [2.24, 2.45) is 0 Å². The highest BCUT2D eigenvalue weighted by Gasteiger charge is 2.02. The first-order valence-electron chi connectivity index (χ1n) is 3.11. The van der Waals surface area contributed by atoms with Gasteiger partial charge in [-0.25, -0.2) is 0 Å². The summed E-state index contributed by atoms with van der Waals surface area (Å²) >= 11 is 5.35. The first-order chi connectivity index (χ1) is 5.20. The fraction of sp³-hybridized carbons (Fsp3) is 0.143.